The van der Waals surface area contributed by atoms with Gasteiger partial charge in [-0.15, -0.1) is 11.6 Å². The van der Waals surface area contributed by atoms with Crippen molar-refractivity contribution in [2.75, 3.05) is 12.5 Å². The van der Waals surface area contributed by atoms with Gasteiger partial charge in [0.05, 0.1) is 0 Å². The topological polar surface area (TPSA) is 20.2 Å². The van der Waals surface area contributed by atoms with Crippen molar-refractivity contribution in [3.63, 3.8) is 0 Å². The molecule has 1 N–H and O–H groups in total. The van der Waals surface area contributed by atoms with Gasteiger partial charge >= 0.3 is 0 Å². The van der Waals surface area contributed by atoms with E-state index in [1.54, 1.807) is 0 Å². The van der Waals surface area contributed by atoms with E-state index in [9.17, 15) is 5.11 Å². The van der Waals surface area contributed by atoms with E-state index in [0.29, 0.717) is 5.88 Å². The van der Waals surface area contributed by atoms with Crippen LogP contribution in [0.3, 0.4) is 0 Å². The normalized spacial score (nSPS) is 24.4. The van der Waals surface area contributed by atoms with Crippen molar-refractivity contribution in [3.05, 3.63) is 40.4 Å². The van der Waals surface area contributed by atoms with E-state index in [1.165, 1.54) is 16.7 Å². The Kier molecular flexibility index (Phi) is 4.37. The molecular formula is C15H18Cl2O. The molecule has 1 aromatic carbocycles. The zero-order valence-corrected chi connectivity index (χ0v) is 12.1. The molecule has 1 aliphatic carbocycles. The summed E-state index contributed by atoms with van der Waals surface area (Å²) in [6, 6.07) is 7.92. The molecule has 0 spiro atoms. The summed E-state index contributed by atoms with van der Waals surface area (Å²) in [5, 5.41) is 10.2. The van der Waals surface area contributed by atoms with Gasteiger partial charge in [0.25, 0.3) is 0 Å². The third kappa shape index (κ3) is 2.90. The maximum atomic E-state index is 9.47. The maximum Gasteiger partial charge on any atom is 0.0487 e. The van der Waals surface area contributed by atoms with Gasteiger partial charge in [-0.1, -0.05) is 36.2 Å². The van der Waals surface area contributed by atoms with Gasteiger partial charge in [0, 0.05) is 17.5 Å². The van der Waals surface area contributed by atoms with Crippen LogP contribution in [0, 0.1) is 5.41 Å². The van der Waals surface area contributed by atoms with Crippen molar-refractivity contribution in [2.45, 2.75) is 26.2 Å². The van der Waals surface area contributed by atoms with Crippen molar-refractivity contribution in [1.29, 1.82) is 0 Å². The van der Waals surface area contributed by atoms with Crippen LogP contribution in [-0.4, -0.2) is 17.6 Å². The van der Waals surface area contributed by atoms with Gasteiger partial charge in [-0.2, -0.15) is 0 Å². The number of alkyl halides is 1. The van der Waals surface area contributed by atoms with Crippen LogP contribution in [0.25, 0.3) is 5.57 Å². The number of benzene rings is 1. The molecule has 0 amide bonds. The highest BCUT2D eigenvalue weighted by molar-refractivity contribution is 6.30. The first kappa shape index (κ1) is 13.9. The lowest BCUT2D eigenvalue weighted by atomic mass is 9.72. The van der Waals surface area contributed by atoms with E-state index < -0.39 is 0 Å². The summed E-state index contributed by atoms with van der Waals surface area (Å²) in [6.07, 6.45) is 2.85. The standard InChI is InChI=1S/C15H18Cl2O/c1-15(10-18)7-6-14(12(8-15)9-16)11-2-4-13(17)5-3-11/h2-5,18H,6-10H2,1H3. The molecule has 0 aromatic heterocycles. The summed E-state index contributed by atoms with van der Waals surface area (Å²) in [7, 11) is 0. The zero-order valence-electron chi connectivity index (χ0n) is 10.5. The zero-order chi connectivity index (χ0) is 13.2. The molecule has 18 heavy (non-hydrogen) atoms. The largest absolute Gasteiger partial charge is 0.396 e. The van der Waals surface area contributed by atoms with E-state index in [0.717, 1.165) is 24.3 Å². The highest BCUT2D eigenvalue weighted by Crippen LogP contribution is 2.42. The van der Waals surface area contributed by atoms with E-state index in [1.807, 2.05) is 24.3 Å². The van der Waals surface area contributed by atoms with Gasteiger partial charge in [0.1, 0.15) is 0 Å². The number of allylic oxidation sites excluding steroid dienone is 2. The number of rotatable bonds is 3. The minimum absolute atomic E-state index is 0.0137. The number of aliphatic hydroxyl groups is 1. The molecule has 0 saturated heterocycles. The fourth-order valence-electron chi connectivity index (χ4n) is 2.58. The Morgan fingerprint density at radius 2 is 1.94 bits per heavy atom. The van der Waals surface area contributed by atoms with Crippen LogP contribution in [0.15, 0.2) is 29.8 Å². The minimum Gasteiger partial charge on any atom is -0.396 e. The van der Waals surface area contributed by atoms with Gasteiger partial charge in [0.2, 0.25) is 0 Å². The van der Waals surface area contributed by atoms with Crippen LogP contribution in [0.2, 0.25) is 5.02 Å². The number of halogens is 2. The molecule has 98 valence electrons. The fraction of sp³-hybridized carbons (Fsp3) is 0.467. The van der Waals surface area contributed by atoms with E-state index >= 15 is 0 Å². The van der Waals surface area contributed by atoms with Crippen LogP contribution < -0.4 is 0 Å². The highest BCUT2D eigenvalue weighted by atomic mass is 35.5. The van der Waals surface area contributed by atoms with Crippen LogP contribution in [0.5, 0.6) is 0 Å². The van der Waals surface area contributed by atoms with Crippen molar-refractivity contribution in [2.24, 2.45) is 5.41 Å². The second kappa shape index (κ2) is 5.64. The van der Waals surface area contributed by atoms with Crippen molar-refractivity contribution >= 4 is 28.8 Å². The summed E-state index contributed by atoms with van der Waals surface area (Å²) >= 11 is 12.0. The predicted molar refractivity (Wildman–Crippen MR) is 78.1 cm³/mol. The van der Waals surface area contributed by atoms with Gasteiger partial charge < -0.3 is 5.11 Å². The minimum atomic E-state index is -0.0137. The Labute approximate surface area is 118 Å². The first-order valence-electron chi connectivity index (χ1n) is 6.22. The average Bonchev–Trinajstić information content (AvgIpc) is 2.40. The monoisotopic (exact) mass is 284 g/mol. The van der Waals surface area contributed by atoms with E-state index in [4.69, 9.17) is 23.2 Å². The maximum absolute atomic E-state index is 9.47. The molecule has 3 heteroatoms. The summed E-state index contributed by atoms with van der Waals surface area (Å²) in [5.74, 6) is 0.535. The first-order valence-corrected chi connectivity index (χ1v) is 7.13. The van der Waals surface area contributed by atoms with Gasteiger partial charge in [0.15, 0.2) is 0 Å². The molecule has 0 saturated carbocycles. The molecule has 1 atom stereocenters. The third-order valence-corrected chi connectivity index (χ3v) is 4.36. The lowest BCUT2D eigenvalue weighted by Crippen LogP contribution is -2.26. The Morgan fingerprint density at radius 3 is 2.50 bits per heavy atom. The van der Waals surface area contributed by atoms with Crippen LogP contribution in [0.1, 0.15) is 31.7 Å². The van der Waals surface area contributed by atoms with Gasteiger partial charge in [-0.3, -0.25) is 0 Å². The lowest BCUT2D eigenvalue weighted by molar-refractivity contribution is 0.130. The van der Waals surface area contributed by atoms with E-state index in [-0.39, 0.29) is 12.0 Å². The molecule has 0 aliphatic heterocycles. The second-order valence-electron chi connectivity index (χ2n) is 5.37. The molecular weight excluding hydrogens is 267 g/mol. The Morgan fingerprint density at radius 1 is 1.28 bits per heavy atom. The molecule has 0 fully saturated rings. The van der Waals surface area contributed by atoms with Gasteiger partial charge in [-0.05, 0) is 47.9 Å². The van der Waals surface area contributed by atoms with Crippen molar-refractivity contribution in [1.82, 2.24) is 0 Å². The summed E-state index contributed by atoms with van der Waals surface area (Å²) in [4.78, 5) is 0. The van der Waals surface area contributed by atoms with E-state index in [2.05, 4.69) is 6.92 Å². The molecule has 1 aliphatic rings. The van der Waals surface area contributed by atoms with Crippen LogP contribution >= 0.6 is 23.2 Å². The Bertz CT molecular complexity index is 450. The summed E-state index contributed by atoms with van der Waals surface area (Å²) < 4.78 is 0. The van der Waals surface area contributed by atoms with Gasteiger partial charge in [-0.25, -0.2) is 0 Å². The number of hydrogen-bond acceptors (Lipinski definition) is 1. The fourth-order valence-corrected chi connectivity index (χ4v) is 2.96. The first-order chi connectivity index (χ1) is 8.58. The third-order valence-electron chi connectivity index (χ3n) is 3.78. The van der Waals surface area contributed by atoms with Crippen LogP contribution in [0.4, 0.5) is 0 Å². The molecule has 2 rings (SSSR count). The van der Waals surface area contributed by atoms with Crippen molar-refractivity contribution < 1.29 is 5.11 Å². The molecule has 0 heterocycles. The van der Waals surface area contributed by atoms with Crippen LogP contribution in [-0.2, 0) is 0 Å². The quantitative estimate of drug-likeness (QED) is 0.810. The second-order valence-corrected chi connectivity index (χ2v) is 6.07. The molecule has 0 bridgehead atoms. The highest BCUT2D eigenvalue weighted by Gasteiger charge is 2.30. The van der Waals surface area contributed by atoms with Crippen molar-refractivity contribution in [3.8, 4) is 0 Å². The summed E-state index contributed by atoms with van der Waals surface area (Å²) in [6.45, 7) is 2.35. The SMILES string of the molecule is CC1(CO)CCC(c2ccc(Cl)cc2)=C(CCl)C1. The summed E-state index contributed by atoms with van der Waals surface area (Å²) in [5.41, 5.74) is 3.77. The number of hydrogen-bond donors (Lipinski definition) is 1. The molecule has 0 radical (unpaired) electrons. The number of aliphatic hydroxyl groups excluding tert-OH is 1. The smallest absolute Gasteiger partial charge is 0.0487 e. The molecule has 1 unspecified atom stereocenters. The predicted octanol–water partition coefficient (Wildman–Crippen LogP) is 4.51. The Balaban J connectivity index is 2.33. The lowest BCUT2D eigenvalue weighted by Gasteiger charge is -2.34. The molecule has 1 aromatic rings. The molecule has 1 nitrogen and oxygen atoms in total. The Hall–Kier alpha value is -0.500. The average molecular weight is 285 g/mol.